The van der Waals surface area contributed by atoms with Gasteiger partial charge in [-0.15, -0.1) is 0 Å². The summed E-state index contributed by atoms with van der Waals surface area (Å²) in [6.07, 6.45) is 3.95. The van der Waals surface area contributed by atoms with Crippen molar-refractivity contribution in [3.05, 3.63) is 60.2 Å². The first-order valence-electron chi connectivity index (χ1n) is 9.16. The quantitative estimate of drug-likeness (QED) is 0.735. The summed E-state index contributed by atoms with van der Waals surface area (Å²) >= 11 is 0. The van der Waals surface area contributed by atoms with Crippen molar-refractivity contribution in [2.75, 3.05) is 17.2 Å². The van der Waals surface area contributed by atoms with E-state index in [9.17, 15) is 14.4 Å². The minimum atomic E-state index is -0.298. The van der Waals surface area contributed by atoms with Crippen LogP contribution in [0.1, 0.15) is 36.0 Å². The lowest BCUT2D eigenvalue weighted by Crippen LogP contribution is -2.36. The molecule has 1 aliphatic rings. The van der Waals surface area contributed by atoms with Gasteiger partial charge in [-0.1, -0.05) is 37.1 Å². The molecule has 3 rings (SSSR count). The lowest BCUT2D eigenvalue weighted by Gasteiger charge is -2.11. The molecule has 0 unspecified atom stereocenters. The third-order valence-corrected chi connectivity index (χ3v) is 4.59. The molecule has 3 N–H and O–H groups in total. The van der Waals surface area contributed by atoms with Gasteiger partial charge in [-0.25, -0.2) is 0 Å². The van der Waals surface area contributed by atoms with Crippen molar-refractivity contribution in [2.24, 2.45) is 5.92 Å². The Balaban J connectivity index is 1.51. The van der Waals surface area contributed by atoms with Gasteiger partial charge >= 0.3 is 0 Å². The van der Waals surface area contributed by atoms with E-state index >= 15 is 0 Å². The van der Waals surface area contributed by atoms with Crippen molar-refractivity contribution in [3.63, 3.8) is 0 Å². The molecular formula is C21H23N3O3. The summed E-state index contributed by atoms with van der Waals surface area (Å²) in [5, 5.41) is 8.23. The highest BCUT2D eigenvalue weighted by atomic mass is 16.2. The average molecular weight is 365 g/mol. The van der Waals surface area contributed by atoms with Gasteiger partial charge in [0.15, 0.2) is 0 Å². The largest absolute Gasteiger partial charge is 0.347 e. The lowest BCUT2D eigenvalue weighted by molar-refractivity contribution is -0.127. The molecule has 0 aliphatic heterocycles. The number of hydrogen-bond acceptors (Lipinski definition) is 3. The average Bonchev–Trinajstić information content (AvgIpc) is 3.22. The molecule has 27 heavy (non-hydrogen) atoms. The number of nitrogens with one attached hydrogen (secondary N) is 3. The Kier molecular flexibility index (Phi) is 6.20. The molecule has 140 valence electrons. The van der Waals surface area contributed by atoms with Crippen molar-refractivity contribution in [1.29, 1.82) is 0 Å². The number of carbonyl (C=O) groups is 3. The third kappa shape index (κ3) is 5.41. The van der Waals surface area contributed by atoms with E-state index in [2.05, 4.69) is 16.0 Å². The summed E-state index contributed by atoms with van der Waals surface area (Å²) in [6.45, 7) is -0.0596. The van der Waals surface area contributed by atoms with Crippen LogP contribution < -0.4 is 16.0 Å². The Morgan fingerprint density at radius 1 is 0.852 bits per heavy atom. The van der Waals surface area contributed by atoms with E-state index in [1.54, 1.807) is 48.5 Å². The van der Waals surface area contributed by atoms with Crippen molar-refractivity contribution in [2.45, 2.75) is 25.7 Å². The summed E-state index contributed by atoms with van der Waals surface area (Å²) in [5.74, 6) is -0.531. The van der Waals surface area contributed by atoms with E-state index < -0.39 is 0 Å². The number of anilines is 2. The van der Waals surface area contributed by atoms with Gasteiger partial charge < -0.3 is 16.0 Å². The maximum Gasteiger partial charge on any atom is 0.255 e. The molecular weight excluding hydrogens is 342 g/mol. The van der Waals surface area contributed by atoms with Gasteiger partial charge in [-0.2, -0.15) is 0 Å². The zero-order valence-corrected chi connectivity index (χ0v) is 15.0. The lowest BCUT2D eigenvalue weighted by atomic mass is 10.1. The topological polar surface area (TPSA) is 87.3 Å². The fourth-order valence-corrected chi connectivity index (χ4v) is 3.17. The summed E-state index contributed by atoms with van der Waals surface area (Å²) in [6, 6.07) is 15.8. The Morgan fingerprint density at radius 3 is 2.22 bits per heavy atom. The van der Waals surface area contributed by atoms with Crippen LogP contribution in [0, 0.1) is 5.92 Å². The van der Waals surface area contributed by atoms with Crippen LogP contribution in [0.25, 0.3) is 0 Å². The van der Waals surface area contributed by atoms with Gasteiger partial charge in [0.1, 0.15) is 0 Å². The summed E-state index contributed by atoms with van der Waals surface area (Å²) in [7, 11) is 0. The van der Waals surface area contributed by atoms with Crippen LogP contribution in [0.4, 0.5) is 11.4 Å². The minimum Gasteiger partial charge on any atom is -0.347 e. The zero-order valence-electron chi connectivity index (χ0n) is 15.0. The number of carbonyl (C=O) groups excluding carboxylic acids is 3. The van der Waals surface area contributed by atoms with Gasteiger partial charge in [0, 0.05) is 22.9 Å². The molecule has 0 aromatic heterocycles. The van der Waals surface area contributed by atoms with E-state index in [4.69, 9.17) is 0 Å². The first kappa shape index (κ1) is 18.6. The van der Waals surface area contributed by atoms with Crippen LogP contribution in [0.3, 0.4) is 0 Å². The normalized spacial score (nSPS) is 13.8. The van der Waals surface area contributed by atoms with Crippen molar-refractivity contribution in [1.82, 2.24) is 5.32 Å². The first-order valence-corrected chi connectivity index (χ1v) is 9.16. The smallest absolute Gasteiger partial charge is 0.255 e. The predicted octanol–water partition coefficient (Wildman–Crippen LogP) is 3.18. The summed E-state index contributed by atoms with van der Waals surface area (Å²) in [4.78, 5) is 36.3. The molecule has 3 amide bonds. The Hall–Kier alpha value is -3.15. The number of hydrogen-bond donors (Lipinski definition) is 3. The van der Waals surface area contributed by atoms with E-state index in [0.29, 0.717) is 16.9 Å². The molecule has 0 spiro atoms. The van der Waals surface area contributed by atoms with Crippen LogP contribution in [0.2, 0.25) is 0 Å². The van der Waals surface area contributed by atoms with E-state index in [1.165, 1.54) is 0 Å². The van der Waals surface area contributed by atoms with E-state index in [1.807, 2.05) is 6.07 Å². The van der Waals surface area contributed by atoms with E-state index in [0.717, 1.165) is 25.7 Å². The maximum atomic E-state index is 12.2. The molecule has 0 heterocycles. The number of amides is 3. The number of benzene rings is 2. The van der Waals surface area contributed by atoms with E-state index in [-0.39, 0.29) is 30.2 Å². The van der Waals surface area contributed by atoms with Crippen molar-refractivity contribution >= 4 is 29.1 Å². The second-order valence-electron chi connectivity index (χ2n) is 6.65. The van der Waals surface area contributed by atoms with Crippen LogP contribution in [0.5, 0.6) is 0 Å². The fraction of sp³-hybridized carbons (Fsp3) is 0.286. The molecule has 6 nitrogen and oxygen atoms in total. The SMILES string of the molecule is O=C(CNC(=O)C1CCCC1)Nc1cccc(NC(=O)c2ccccc2)c1. The molecule has 2 aromatic rings. The molecule has 1 saturated carbocycles. The molecule has 6 heteroatoms. The third-order valence-electron chi connectivity index (χ3n) is 4.59. The van der Waals surface area contributed by atoms with Crippen molar-refractivity contribution < 1.29 is 14.4 Å². The number of rotatable bonds is 6. The predicted molar refractivity (Wildman–Crippen MR) is 104 cm³/mol. The highest BCUT2D eigenvalue weighted by molar-refractivity contribution is 6.04. The molecule has 1 fully saturated rings. The van der Waals surface area contributed by atoms with Gasteiger partial charge in [-0.3, -0.25) is 14.4 Å². The zero-order chi connectivity index (χ0) is 19.1. The second kappa shape index (κ2) is 8.98. The first-order chi connectivity index (χ1) is 13.1. The molecule has 0 bridgehead atoms. The Labute approximate surface area is 158 Å². The maximum absolute atomic E-state index is 12.2. The van der Waals surface area contributed by atoms with Gasteiger partial charge in [-0.05, 0) is 43.2 Å². The molecule has 1 aliphatic carbocycles. The fourth-order valence-electron chi connectivity index (χ4n) is 3.17. The molecule has 2 aromatic carbocycles. The van der Waals surface area contributed by atoms with Gasteiger partial charge in [0.05, 0.1) is 6.54 Å². The standard InChI is InChI=1S/C21H23N3O3/c25-19(14-22-20(26)15-9-4-5-10-15)23-17-11-6-12-18(13-17)24-21(27)16-7-2-1-3-8-16/h1-3,6-8,11-13,15H,4-5,9-10,14H2,(H,22,26)(H,23,25)(H,24,27). The monoisotopic (exact) mass is 365 g/mol. The second-order valence-corrected chi connectivity index (χ2v) is 6.65. The molecule has 0 saturated heterocycles. The Morgan fingerprint density at radius 2 is 1.52 bits per heavy atom. The van der Waals surface area contributed by atoms with Crippen LogP contribution >= 0.6 is 0 Å². The van der Waals surface area contributed by atoms with Crippen LogP contribution in [-0.2, 0) is 9.59 Å². The molecule has 0 radical (unpaired) electrons. The summed E-state index contributed by atoms with van der Waals surface area (Å²) < 4.78 is 0. The van der Waals surface area contributed by atoms with Gasteiger partial charge in [0.2, 0.25) is 11.8 Å². The highest BCUT2D eigenvalue weighted by Crippen LogP contribution is 2.24. The van der Waals surface area contributed by atoms with Gasteiger partial charge in [0.25, 0.3) is 5.91 Å². The van der Waals surface area contributed by atoms with Crippen LogP contribution in [-0.4, -0.2) is 24.3 Å². The highest BCUT2D eigenvalue weighted by Gasteiger charge is 2.22. The molecule has 0 atom stereocenters. The minimum absolute atomic E-state index is 0.0364. The van der Waals surface area contributed by atoms with Crippen molar-refractivity contribution in [3.8, 4) is 0 Å². The Bertz CT molecular complexity index is 814. The van der Waals surface area contributed by atoms with Crippen LogP contribution in [0.15, 0.2) is 54.6 Å². The summed E-state index contributed by atoms with van der Waals surface area (Å²) in [5.41, 5.74) is 1.69.